The monoisotopic (exact) mass is 273 g/mol. The smallest absolute Gasteiger partial charge is 0.239 e. The summed E-state index contributed by atoms with van der Waals surface area (Å²) in [4.78, 5) is 8.37. The van der Waals surface area contributed by atoms with Crippen molar-refractivity contribution in [2.75, 3.05) is 17.3 Å². The maximum Gasteiger partial charge on any atom is 0.239 e. The maximum absolute atomic E-state index is 9.75. The van der Waals surface area contributed by atoms with E-state index in [0.717, 1.165) is 11.3 Å². The van der Waals surface area contributed by atoms with Crippen molar-refractivity contribution in [3.8, 4) is 0 Å². The van der Waals surface area contributed by atoms with Crippen LogP contribution in [0.5, 0.6) is 0 Å². The molecule has 1 atom stereocenters. The van der Waals surface area contributed by atoms with Gasteiger partial charge in [-0.2, -0.15) is 4.98 Å². The number of hydrogen-bond donors (Lipinski definition) is 4. The van der Waals surface area contributed by atoms with Crippen LogP contribution in [-0.2, 0) is 5.54 Å². The first-order valence-electron chi connectivity index (χ1n) is 6.34. The van der Waals surface area contributed by atoms with Gasteiger partial charge in [0.1, 0.15) is 5.82 Å². The predicted octanol–water partition coefficient (Wildman–Crippen LogP) is 1.39. The van der Waals surface area contributed by atoms with E-state index in [9.17, 15) is 5.11 Å². The number of benzene rings is 1. The number of nitrogens with two attached hydrogens (primary N) is 1. The Balaban J connectivity index is 2.33. The van der Waals surface area contributed by atoms with E-state index in [4.69, 9.17) is 5.84 Å². The lowest BCUT2D eigenvalue weighted by atomic mass is 9.93. The molecule has 1 heterocycles. The van der Waals surface area contributed by atoms with Crippen LogP contribution in [0.15, 0.2) is 36.4 Å². The third kappa shape index (κ3) is 3.04. The summed E-state index contributed by atoms with van der Waals surface area (Å²) in [7, 11) is 0. The fourth-order valence-electron chi connectivity index (χ4n) is 1.99. The first-order chi connectivity index (χ1) is 9.57. The number of hydrazine groups is 1. The van der Waals surface area contributed by atoms with Crippen molar-refractivity contribution in [1.82, 2.24) is 9.97 Å². The number of nitrogen functional groups attached to an aromatic ring is 1. The van der Waals surface area contributed by atoms with Crippen molar-refractivity contribution in [2.24, 2.45) is 5.84 Å². The standard InChI is InChI=1S/C14H19N5O/c1-10-8-12(17-13(16-10)19-15)18-14(2,9-20)11-6-4-3-5-7-11/h3-8,20H,9,15H2,1-2H3,(H2,16,17,18,19). The Morgan fingerprint density at radius 2 is 1.95 bits per heavy atom. The zero-order chi connectivity index (χ0) is 14.6. The fraction of sp³-hybridized carbons (Fsp3) is 0.286. The summed E-state index contributed by atoms with van der Waals surface area (Å²) < 4.78 is 0. The second kappa shape index (κ2) is 5.85. The number of rotatable bonds is 5. The molecule has 0 saturated heterocycles. The fourth-order valence-corrected chi connectivity index (χ4v) is 1.99. The molecule has 2 rings (SSSR count). The van der Waals surface area contributed by atoms with E-state index in [1.165, 1.54) is 0 Å². The summed E-state index contributed by atoms with van der Waals surface area (Å²) in [5.74, 6) is 6.28. The minimum Gasteiger partial charge on any atom is -0.394 e. The molecule has 6 nitrogen and oxygen atoms in total. The van der Waals surface area contributed by atoms with Gasteiger partial charge in [0.05, 0.1) is 12.1 Å². The van der Waals surface area contributed by atoms with Crippen LogP contribution in [0.1, 0.15) is 18.2 Å². The average molecular weight is 273 g/mol. The van der Waals surface area contributed by atoms with E-state index < -0.39 is 5.54 Å². The van der Waals surface area contributed by atoms with E-state index in [1.54, 1.807) is 6.07 Å². The Kier molecular flexibility index (Phi) is 4.16. The van der Waals surface area contributed by atoms with Gasteiger partial charge in [0.25, 0.3) is 0 Å². The number of aromatic nitrogens is 2. The zero-order valence-corrected chi connectivity index (χ0v) is 11.6. The molecule has 5 N–H and O–H groups in total. The van der Waals surface area contributed by atoms with Crippen molar-refractivity contribution in [3.05, 3.63) is 47.7 Å². The molecule has 0 fully saturated rings. The van der Waals surface area contributed by atoms with E-state index in [1.807, 2.05) is 44.2 Å². The summed E-state index contributed by atoms with van der Waals surface area (Å²) in [6.07, 6.45) is 0. The lowest BCUT2D eigenvalue weighted by molar-refractivity contribution is 0.223. The number of nitrogens with zero attached hydrogens (tertiary/aromatic N) is 2. The number of hydrogen-bond acceptors (Lipinski definition) is 6. The molecule has 0 aliphatic rings. The number of aryl methyl sites for hydroxylation is 1. The molecule has 0 bridgehead atoms. The van der Waals surface area contributed by atoms with Crippen molar-refractivity contribution in [2.45, 2.75) is 19.4 Å². The SMILES string of the molecule is Cc1cc(NC(C)(CO)c2ccccc2)nc(NN)n1. The second-order valence-electron chi connectivity index (χ2n) is 4.84. The Bertz CT molecular complexity index is 575. The summed E-state index contributed by atoms with van der Waals surface area (Å²) in [5.41, 5.74) is 3.55. The van der Waals surface area contributed by atoms with E-state index in [-0.39, 0.29) is 6.61 Å². The van der Waals surface area contributed by atoms with Crippen molar-refractivity contribution in [3.63, 3.8) is 0 Å². The van der Waals surface area contributed by atoms with Crippen LogP contribution in [0.25, 0.3) is 0 Å². The van der Waals surface area contributed by atoms with E-state index in [0.29, 0.717) is 11.8 Å². The molecular weight excluding hydrogens is 254 g/mol. The molecule has 1 aromatic heterocycles. The topological polar surface area (TPSA) is 96.1 Å². The van der Waals surface area contributed by atoms with Gasteiger partial charge in [-0.05, 0) is 19.4 Å². The summed E-state index contributed by atoms with van der Waals surface area (Å²) in [5, 5.41) is 13.0. The molecule has 0 radical (unpaired) electrons. The molecule has 20 heavy (non-hydrogen) atoms. The van der Waals surface area contributed by atoms with Crippen molar-refractivity contribution in [1.29, 1.82) is 0 Å². The van der Waals surface area contributed by atoms with Crippen LogP contribution in [0.2, 0.25) is 0 Å². The van der Waals surface area contributed by atoms with Crippen molar-refractivity contribution >= 4 is 11.8 Å². The number of anilines is 2. The molecule has 1 unspecified atom stereocenters. The maximum atomic E-state index is 9.75. The van der Waals surface area contributed by atoms with Crippen LogP contribution in [0.3, 0.4) is 0 Å². The number of aliphatic hydroxyl groups is 1. The number of nitrogens with one attached hydrogen (secondary N) is 2. The molecule has 0 saturated carbocycles. The van der Waals surface area contributed by atoms with Crippen LogP contribution in [0, 0.1) is 6.92 Å². The van der Waals surface area contributed by atoms with Gasteiger partial charge in [-0.3, -0.25) is 5.43 Å². The van der Waals surface area contributed by atoms with Crippen LogP contribution in [0.4, 0.5) is 11.8 Å². The molecule has 106 valence electrons. The highest BCUT2D eigenvalue weighted by atomic mass is 16.3. The number of aliphatic hydroxyl groups excluding tert-OH is 1. The zero-order valence-electron chi connectivity index (χ0n) is 11.6. The summed E-state index contributed by atoms with van der Waals surface area (Å²) in [6, 6.07) is 11.5. The third-order valence-electron chi connectivity index (χ3n) is 3.11. The Labute approximate surface area is 118 Å². The van der Waals surface area contributed by atoms with Crippen LogP contribution < -0.4 is 16.6 Å². The predicted molar refractivity (Wildman–Crippen MR) is 79.1 cm³/mol. The van der Waals surface area contributed by atoms with Crippen LogP contribution >= 0.6 is 0 Å². The summed E-state index contributed by atoms with van der Waals surface area (Å²) in [6.45, 7) is 3.70. The molecular formula is C14H19N5O. The van der Waals surface area contributed by atoms with Gasteiger partial charge in [-0.15, -0.1) is 0 Å². The highest BCUT2D eigenvalue weighted by Gasteiger charge is 2.26. The lowest BCUT2D eigenvalue weighted by Gasteiger charge is -2.30. The average Bonchev–Trinajstić information content (AvgIpc) is 2.47. The van der Waals surface area contributed by atoms with Gasteiger partial charge < -0.3 is 10.4 Å². The van der Waals surface area contributed by atoms with Gasteiger partial charge >= 0.3 is 0 Å². The molecule has 0 spiro atoms. The highest BCUT2D eigenvalue weighted by Crippen LogP contribution is 2.25. The Morgan fingerprint density at radius 1 is 1.25 bits per heavy atom. The van der Waals surface area contributed by atoms with Crippen LogP contribution in [-0.4, -0.2) is 21.7 Å². The molecule has 6 heteroatoms. The largest absolute Gasteiger partial charge is 0.394 e. The van der Waals surface area contributed by atoms with E-state index in [2.05, 4.69) is 20.7 Å². The minimum absolute atomic E-state index is 0.0640. The normalized spacial score (nSPS) is 13.6. The summed E-state index contributed by atoms with van der Waals surface area (Å²) >= 11 is 0. The minimum atomic E-state index is -0.631. The molecule has 0 aliphatic heterocycles. The quantitative estimate of drug-likeness (QED) is 0.485. The molecule has 0 amide bonds. The first kappa shape index (κ1) is 14.2. The first-order valence-corrected chi connectivity index (χ1v) is 6.34. The van der Waals surface area contributed by atoms with Gasteiger partial charge in [-0.1, -0.05) is 30.3 Å². The van der Waals surface area contributed by atoms with Gasteiger partial charge in [0.2, 0.25) is 5.95 Å². The molecule has 0 aliphatic carbocycles. The highest BCUT2D eigenvalue weighted by molar-refractivity contribution is 5.46. The van der Waals surface area contributed by atoms with Gasteiger partial charge in [-0.25, -0.2) is 10.8 Å². The molecule has 2 aromatic rings. The molecule has 1 aromatic carbocycles. The van der Waals surface area contributed by atoms with Gasteiger partial charge in [0.15, 0.2) is 0 Å². The third-order valence-corrected chi connectivity index (χ3v) is 3.11. The lowest BCUT2D eigenvalue weighted by Crippen LogP contribution is -2.36. The van der Waals surface area contributed by atoms with Gasteiger partial charge in [0, 0.05) is 11.8 Å². The Morgan fingerprint density at radius 3 is 2.55 bits per heavy atom. The Hall–Kier alpha value is -2.18. The van der Waals surface area contributed by atoms with Crippen molar-refractivity contribution < 1.29 is 5.11 Å². The van der Waals surface area contributed by atoms with E-state index >= 15 is 0 Å². The second-order valence-corrected chi connectivity index (χ2v) is 4.84.